The molecule has 10 heteroatoms. The number of urea groups is 1. The van der Waals surface area contributed by atoms with Crippen molar-refractivity contribution in [1.82, 2.24) is 10.3 Å². The number of rotatable bonds is 4. The molecule has 1 heterocycles. The molecule has 0 spiro atoms. The van der Waals surface area contributed by atoms with Gasteiger partial charge < -0.3 is 10.1 Å². The molecule has 148 valence electrons. The summed E-state index contributed by atoms with van der Waals surface area (Å²) in [7, 11) is 0. The van der Waals surface area contributed by atoms with E-state index in [0.717, 1.165) is 8.95 Å². The summed E-state index contributed by atoms with van der Waals surface area (Å²) in [6.45, 7) is 0. The van der Waals surface area contributed by atoms with Crippen molar-refractivity contribution in [2.75, 3.05) is 5.32 Å². The van der Waals surface area contributed by atoms with Crippen LogP contribution in [0.5, 0.6) is 11.6 Å². The first-order valence-electron chi connectivity index (χ1n) is 7.99. The molecule has 0 saturated carbocycles. The van der Waals surface area contributed by atoms with E-state index >= 15 is 0 Å². The highest BCUT2D eigenvalue weighted by Crippen LogP contribution is 2.31. The van der Waals surface area contributed by atoms with Crippen LogP contribution in [0.2, 0.25) is 10.0 Å². The first kappa shape index (κ1) is 21.6. The van der Waals surface area contributed by atoms with E-state index in [2.05, 4.69) is 47.5 Å². The lowest BCUT2D eigenvalue weighted by Crippen LogP contribution is -2.34. The predicted octanol–water partition coefficient (Wildman–Crippen LogP) is 6.67. The van der Waals surface area contributed by atoms with Crippen LogP contribution in [0.25, 0.3) is 0 Å². The number of benzene rings is 2. The molecule has 29 heavy (non-hydrogen) atoms. The maximum Gasteiger partial charge on any atom is 0.326 e. The number of nitrogens with one attached hydrogen (secondary N) is 2. The van der Waals surface area contributed by atoms with Crippen molar-refractivity contribution in [2.45, 2.75) is 0 Å². The highest BCUT2D eigenvalue weighted by molar-refractivity contribution is 9.11. The van der Waals surface area contributed by atoms with E-state index in [1.165, 1.54) is 18.3 Å². The van der Waals surface area contributed by atoms with Crippen molar-refractivity contribution in [3.8, 4) is 11.6 Å². The van der Waals surface area contributed by atoms with Gasteiger partial charge in [0.1, 0.15) is 5.75 Å². The van der Waals surface area contributed by atoms with Gasteiger partial charge in [-0.2, -0.15) is 0 Å². The van der Waals surface area contributed by atoms with Gasteiger partial charge in [-0.25, -0.2) is 9.78 Å². The molecule has 1 aromatic heterocycles. The lowest BCUT2D eigenvalue weighted by Gasteiger charge is -2.10. The zero-order valence-corrected chi connectivity index (χ0v) is 19.1. The third kappa shape index (κ3) is 5.70. The third-order valence-electron chi connectivity index (χ3n) is 3.52. The molecule has 0 fully saturated rings. The number of ether oxygens (including phenoxy) is 1. The van der Waals surface area contributed by atoms with Crippen LogP contribution in [0.15, 0.2) is 63.7 Å². The molecule has 0 unspecified atom stereocenters. The zero-order valence-electron chi connectivity index (χ0n) is 14.4. The molecule has 2 N–H and O–H groups in total. The van der Waals surface area contributed by atoms with Crippen LogP contribution in [-0.2, 0) is 0 Å². The number of aromatic nitrogens is 1. The average molecular weight is 560 g/mol. The van der Waals surface area contributed by atoms with Crippen LogP contribution in [0, 0.1) is 0 Å². The third-order valence-corrected chi connectivity index (χ3v) is 5.26. The fourth-order valence-corrected chi connectivity index (χ4v) is 3.93. The topological polar surface area (TPSA) is 80.3 Å². The van der Waals surface area contributed by atoms with Gasteiger partial charge in [0.05, 0.1) is 32.0 Å². The summed E-state index contributed by atoms with van der Waals surface area (Å²) < 4.78 is 7.34. The maximum absolute atomic E-state index is 12.2. The summed E-state index contributed by atoms with van der Waals surface area (Å²) in [4.78, 5) is 28.4. The van der Waals surface area contributed by atoms with Crippen molar-refractivity contribution in [3.63, 3.8) is 0 Å². The van der Waals surface area contributed by atoms with Crippen molar-refractivity contribution in [1.29, 1.82) is 0 Å². The van der Waals surface area contributed by atoms with Crippen LogP contribution >= 0.6 is 55.1 Å². The summed E-state index contributed by atoms with van der Waals surface area (Å²) in [5.41, 5.74) is 0.385. The van der Waals surface area contributed by atoms with Gasteiger partial charge in [-0.05, 0) is 52.3 Å². The number of amides is 3. The Morgan fingerprint density at radius 1 is 1.00 bits per heavy atom. The molecule has 2 aromatic carbocycles. The van der Waals surface area contributed by atoms with Crippen molar-refractivity contribution in [2.24, 2.45) is 0 Å². The molecular weight excluding hydrogens is 549 g/mol. The van der Waals surface area contributed by atoms with E-state index in [9.17, 15) is 9.59 Å². The van der Waals surface area contributed by atoms with Gasteiger partial charge in [0.15, 0.2) is 0 Å². The smallest absolute Gasteiger partial charge is 0.326 e. The molecule has 0 atom stereocenters. The zero-order chi connectivity index (χ0) is 21.0. The Bertz CT molecular complexity index is 1060. The molecule has 0 aliphatic rings. The number of carbonyl (C=O) groups excluding carboxylic acids is 2. The van der Waals surface area contributed by atoms with Gasteiger partial charge >= 0.3 is 6.03 Å². The Morgan fingerprint density at radius 2 is 1.72 bits per heavy atom. The summed E-state index contributed by atoms with van der Waals surface area (Å²) in [5.74, 6) is 0.199. The molecule has 0 bridgehead atoms. The second-order valence-corrected chi connectivity index (χ2v) is 8.15. The second kappa shape index (κ2) is 9.58. The average Bonchev–Trinajstić information content (AvgIpc) is 2.65. The summed E-state index contributed by atoms with van der Waals surface area (Å²) in [6.07, 6.45) is 1.40. The van der Waals surface area contributed by atoms with Crippen molar-refractivity contribution in [3.05, 3.63) is 79.3 Å². The van der Waals surface area contributed by atoms with Gasteiger partial charge in [0.25, 0.3) is 5.91 Å². The van der Waals surface area contributed by atoms with Crippen molar-refractivity contribution >= 4 is 72.7 Å². The van der Waals surface area contributed by atoms with Gasteiger partial charge in [-0.3, -0.25) is 10.1 Å². The van der Waals surface area contributed by atoms with Crippen LogP contribution < -0.4 is 15.4 Å². The minimum Gasteiger partial charge on any atom is -0.438 e. The second-order valence-electron chi connectivity index (χ2n) is 5.57. The molecule has 3 amide bonds. The monoisotopic (exact) mass is 557 g/mol. The number of imide groups is 1. The molecule has 3 rings (SSSR count). The number of anilines is 1. The molecule has 0 saturated heterocycles. The van der Waals surface area contributed by atoms with Crippen LogP contribution in [0.3, 0.4) is 0 Å². The van der Waals surface area contributed by atoms with E-state index in [1.807, 2.05) is 12.1 Å². The standard InChI is InChI=1S/C19H11Br2Cl2N3O3/c20-10-4-6-15(12(21)8-10)29-16-7-5-11(9-24-16)25-19(28)26-18(27)17-13(22)2-1-3-14(17)23/h1-9H,(H2,25,26,27,28). The van der Waals surface area contributed by atoms with Gasteiger partial charge in [0.2, 0.25) is 5.88 Å². The minimum atomic E-state index is -0.753. The Kier molecular flexibility index (Phi) is 7.13. The summed E-state index contributed by atoms with van der Waals surface area (Å²) in [6, 6.07) is 12.5. The predicted molar refractivity (Wildman–Crippen MR) is 119 cm³/mol. The normalized spacial score (nSPS) is 10.3. The van der Waals surface area contributed by atoms with Crippen LogP contribution in [0.4, 0.5) is 10.5 Å². The first-order valence-corrected chi connectivity index (χ1v) is 10.3. The highest BCUT2D eigenvalue weighted by Gasteiger charge is 2.17. The fourth-order valence-electron chi connectivity index (χ4n) is 2.23. The van der Waals surface area contributed by atoms with Gasteiger partial charge in [-0.1, -0.05) is 45.2 Å². The largest absolute Gasteiger partial charge is 0.438 e. The number of pyridine rings is 1. The molecule has 6 nitrogen and oxygen atoms in total. The SMILES string of the molecule is O=C(NC(=O)c1c(Cl)cccc1Cl)Nc1ccc(Oc2ccc(Br)cc2Br)nc1. The Hall–Kier alpha value is -2.13. The van der Waals surface area contributed by atoms with E-state index in [1.54, 1.807) is 24.3 Å². The van der Waals surface area contributed by atoms with E-state index in [0.29, 0.717) is 17.3 Å². The summed E-state index contributed by atoms with van der Waals surface area (Å²) >= 11 is 18.7. The lowest BCUT2D eigenvalue weighted by molar-refractivity contribution is 0.0967. The molecular formula is C19H11Br2Cl2N3O3. The Morgan fingerprint density at radius 3 is 2.34 bits per heavy atom. The van der Waals surface area contributed by atoms with Crippen LogP contribution in [0.1, 0.15) is 10.4 Å². The number of hydrogen-bond donors (Lipinski definition) is 2. The number of carbonyl (C=O) groups is 2. The number of hydrogen-bond acceptors (Lipinski definition) is 4. The molecule has 3 aromatic rings. The Labute approximate surface area is 192 Å². The first-order chi connectivity index (χ1) is 13.8. The van der Waals surface area contributed by atoms with Crippen molar-refractivity contribution < 1.29 is 14.3 Å². The molecule has 0 aliphatic carbocycles. The summed E-state index contributed by atoms with van der Waals surface area (Å²) in [5, 5.41) is 4.95. The van der Waals surface area contributed by atoms with E-state index in [-0.39, 0.29) is 15.6 Å². The van der Waals surface area contributed by atoms with E-state index in [4.69, 9.17) is 27.9 Å². The fraction of sp³-hybridized carbons (Fsp3) is 0. The van der Waals surface area contributed by atoms with Gasteiger partial charge in [-0.15, -0.1) is 0 Å². The molecule has 0 aliphatic heterocycles. The van der Waals surface area contributed by atoms with Gasteiger partial charge in [0, 0.05) is 10.5 Å². The van der Waals surface area contributed by atoms with Crippen LogP contribution in [-0.4, -0.2) is 16.9 Å². The highest BCUT2D eigenvalue weighted by atomic mass is 79.9. The quantitative estimate of drug-likeness (QED) is 0.374. The number of halogens is 4. The molecule has 0 radical (unpaired) electrons. The van der Waals surface area contributed by atoms with E-state index < -0.39 is 11.9 Å². The minimum absolute atomic E-state index is 0.0212. The lowest BCUT2D eigenvalue weighted by atomic mass is 10.2. The Balaban J connectivity index is 1.62. The maximum atomic E-state index is 12.2. The number of nitrogens with zero attached hydrogens (tertiary/aromatic N) is 1.